The molecule has 0 radical (unpaired) electrons. The van der Waals surface area contributed by atoms with Gasteiger partial charge in [-0.2, -0.15) is 0 Å². The quantitative estimate of drug-likeness (QED) is 0.506. The van der Waals surface area contributed by atoms with Crippen LogP contribution < -0.4 is 10.8 Å². The Morgan fingerprint density at radius 1 is 1.04 bits per heavy atom. The average molecular weight is 337 g/mol. The number of carbonyl (C=O) groups excluding carboxylic acids is 2. The highest BCUT2D eigenvalue weighted by atomic mass is 16.5. The van der Waals surface area contributed by atoms with Crippen molar-refractivity contribution < 1.29 is 14.8 Å². The maximum Gasteiger partial charge on any atom is 0.274 e. The fourth-order valence-electron chi connectivity index (χ4n) is 2.85. The van der Waals surface area contributed by atoms with E-state index in [-0.39, 0.29) is 11.9 Å². The lowest BCUT2D eigenvalue weighted by atomic mass is 10.1. The molecule has 0 spiro atoms. The number of para-hydroxylation sites is 1. The van der Waals surface area contributed by atoms with Crippen molar-refractivity contribution in [2.24, 2.45) is 7.05 Å². The zero-order chi connectivity index (χ0) is 18.0. The Hall–Kier alpha value is -3.12. The van der Waals surface area contributed by atoms with Crippen LogP contribution in [-0.2, 0) is 7.05 Å². The van der Waals surface area contributed by atoms with Gasteiger partial charge >= 0.3 is 0 Å². The van der Waals surface area contributed by atoms with Crippen molar-refractivity contribution in [1.82, 2.24) is 15.4 Å². The summed E-state index contributed by atoms with van der Waals surface area (Å²) >= 11 is 0. The zero-order valence-electron chi connectivity index (χ0n) is 14.0. The number of hydrogen-bond acceptors (Lipinski definition) is 3. The summed E-state index contributed by atoms with van der Waals surface area (Å²) in [4.78, 5) is 24.0. The van der Waals surface area contributed by atoms with Crippen LogP contribution in [0.3, 0.4) is 0 Å². The second-order valence-electron chi connectivity index (χ2n) is 5.91. The first-order valence-electron chi connectivity index (χ1n) is 7.91. The predicted octanol–water partition coefficient (Wildman–Crippen LogP) is 2.79. The minimum absolute atomic E-state index is 0.164. The van der Waals surface area contributed by atoms with E-state index in [1.165, 1.54) is 0 Å². The van der Waals surface area contributed by atoms with Crippen LogP contribution in [0.2, 0.25) is 0 Å². The van der Waals surface area contributed by atoms with Gasteiger partial charge in [0.2, 0.25) is 0 Å². The molecule has 3 rings (SSSR count). The van der Waals surface area contributed by atoms with Gasteiger partial charge in [0.1, 0.15) is 5.69 Å². The van der Waals surface area contributed by atoms with E-state index in [1.54, 1.807) is 29.7 Å². The van der Waals surface area contributed by atoms with Gasteiger partial charge in [-0.25, -0.2) is 5.48 Å². The maximum atomic E-state index is 12.6. The van der Waals surface area contributed by atoms with Crippen molar-refractivity contribution in [3.05, 3.63) is 71.4 Å². The third-order valence-electron chi connectivity index (χ3n) is 4.31. The first-order valence-corrected chi connectivity index (χ1v) is 7.91. The summed E-state index contributed by atoms with van der Waals surface area (Å²) in [6.07, 6.45) is 0. The molecule has 128 valence electrons. The monoisotopic (exact) mass is 337 g/mol. The molecular formula is C19H19N3O3. The van der Waals surface area contributed by atoms with Crippen LogP contribution in [0.25, 0.3) is 10.9 Å². The number of rotatable bonds is 4. The van der Waals surface area contributed by atoms with E-state index in [2.05, 4.69) is 5.32 Å². The van der Waals surface area contributed by atoms with E-state index < -0.39 is 5.91 Å². The smallest absolute Gasteiger partial charge is 0.274 e. The first-order chi connectivity index (χ1) is 12.0. The number of aryl methyl sites for hydroxylation is 1. The molecule has 3 aromatic rings. The minimum atomic E-state index is -0.571. The van der Waals surface area contributed by atoms with E-state index >= 15 is 0 Å². The number of amides is 2. The molecule has 0 aliphatic heterocycles. The molecule has 25 heavy (non-hydrogen) atoms. The third-order valence-corrected chi connectivity index (χ3v) is 4.31. The van der Waals surface area contributed by atoms with Gasteiger partial charge in [-0.3, -0.25) is 14.8 Å². The van der Waals surface area contributed by atoms with Crippen molar-refractivity contribution in [2.45, 2.75) is 13.0 Å². The minimum Gasteiger partial charge on any atom is -0.344 e. The second-order valence-corrected chi connectivity index (χ2v) is 5.91. The molecule has 6 heteroatoms. The van der Waals surface area contributed by atoms with Crippen molar-refractivity contribution in [3.63, 3.8) is 0 Å². The van der Waals surface area contributed by atoms with Gasteiger partial charge in [-0.15, -0.1) is 0 Å². The molecule has 2 amide bonds. The molecule has 1 aromatic heterocycles. The Morgan fingerprint density at radius 2 is 1.72 bits per heavy atom. The van der Waals surface area contributed by atoms with Crippen LogP contribution in [0.4, 0.5) is 0 Å². The van der Waals surface area contributed by atoms with Crippen LogP contribution in [0.15, 0.2) is 54.6 Å². The van der Waals surface area contributed by atoms with Crippen LogP contribution >= 0.6 is 0 Å². The fourth-order valence-corrected chi connectivity index (χ4v) is 2.85. The number of fused-ring (bicyclic) bond motifs is 1. The van der Waals surface area contributed by atoms with Crippen molar-refractivity contribution in [2.75, 3.05) is 0 Å². The van der Waals surface area contributed by atoms with Gasteiger partial charge in [-0.1, -0.05) is 30.3 Å². The number of nitrogens with one attached hydrogen (secondary N) is 2. The van der Waals surface area contributed by atoms with Crippen molar-refractivity contribution in [3.8, 4) is 0 Å². The summed E-state index contributed by atoms with van der Waals surface area (Å²) in [6, 6.07) is 16.2. The molecule has 1 atom stereocenters. The SMILES string of the molecule is CC(NC(=O)c1cc2ccccc2n1C)c1ccc(C(=O)NO)cc1. The molecule has 0 saturated carbocycles. The lowest BCUT2D eigenvalue weighted by Crippen LogP contribution is -2.28. The predicted molar refractivity (Wildman–Crippen MR) is 94.5 cm³/mol. The Balaban J connectivity index is 1.77. The van der Waals surface area contributed by atoms with Gasteiger partial charge in [-0.05, 0) is 36.8 Å². The lowest BCUT2D eigenvalue weighted by molar-refractivity contribution is 0.0706. The first kappa shape index (κ1) is 16.7. The second kappa shape index (κ2) is 6.78. The van der Waals surface area contributed by atoms with E-state index in [4.69, 9.17) is 5.21 Å². The van der Waals surface area contributed by atoms with Crippen molar-refractivity contribution >= 4 is 22.7 Å². The number of hydrogen-bond donors (Lipinski definition) is 3. The van der Waals surface area contributed by atoms with Gasteiger partial charge in [0.05, 0.1) is 6.04 Å². The molecular weight excluding hydrogens is 318 g/mol. The molecule has 0 aliphatic rings. The third kappa shape index (κ3) is 3.25. The normalized spacial score (nSPS) is 12.0. The summed E-state index contributed by atoms with van der Waals surface area (Å²) in [7, 11) is 1.87. The molecule has 0 saturated heterocycles. The molecule has 1 unspecified atom stereocenters. The van der Waals surface area contributed by atoms with Crippen LogP contribution in [0.5, 0.6) is 0 Å². The van der Waals surface area contributed by atoms with Crippen molar-refractivity contribution in [1.29, 1.82) is 0 Å². The summed E-state index contributed by atoms with van der Waals surface area (Å²) < 4.78 is 1.87. The average Bonchev–Trinajstić information content (AvgIpc) is 2.98. The maximum absolute atomic E-state index is 12.6. The summed E-state index contributed by atoms with van der Waals surface area (Å²) in [5.41, 5.74) is 4.39. The van der Waals surface area contributed by atoms with Gasteiger partial charge in [0.25, 0.3) is 11.8 Å². The highest BCUT2D eigenvalue weighted by molar-refractivity contribution is 5.99. The van der Waals surface area contributed by atoms with E-state index in [0.29, 0.717) is 11.3 Å². The lowest BCUT2D eigenvalue weighted by Gasteiger charge is -2.15. The van der Waals surface area contributed by atoms with E-state index in [1.807, 2.05) is 48.9 Å². The molecule has 2 aromatic carbocycles. The molecule has 0 fully saturated rings. The van der Waals surface area contributed by atoms with E-state index in [9.17, 15) is 9.59 Å². The van der Waals surface area contributed by atoms with Gasteiger partial charge in [0, 0.05) is 23.5 Å². The van der Waals surface area contributed by atoms with Gasteiger partial charge < -0.3 is 9.88 Å². The number of hydroxylamine groups is 1. The topological polar surface area (TPSA) is 83.4 Å². The van der Waals surface area contributed by atoms with E-state index in [0.717, 1.165) is 16.5 Å². The molecule has 1 heterocycles. The summed E-state index contributed by atoms with van der Waals surface area (Å²) in [6.45, 7) is 1.88. The van der Waals surface area contributed by atoms with Crippen LogP contribution in [0, 0.1) is 0 Å². The molecule has 3 N–H and O–H groups in total. The zero-order valence-corrected chi connectivity index (χ0v) is 14.0. The molecule has 0 aliphatic carbocycles. The Bertz CT molecular complexity index is 929. The van der Waals surface area contributed by atoms with Gasteiger partial charge in [0.15, 0.2) is 0 Å². The largest absolute Gasteiger partial charge is 0.344 e. The molecule has 0 bridgehead atoms. The standard InChI is InChI=1S/C19H19N3O3/c1-12(13-7-9-14(10-8-13)18(23)21-25)20-19(24)17-11-15-5-3-4-6-16(15)22(17)2/h3-12,25H,1-2H3,(H,20,24)(H,21,23). The number of carbonyl (C=O) groups is 2. The van der Waals surface area contributed by atoms with Crippen LogP contribution in [0.1, 0.15) is 39.4 Å². The number of nitrogens with zero attached hydrogens (tertiary/aromatic N) is 1. The summed E-state index contributed by atoms with van der Waals surface area (Å²) in [5.74, 6) is -0.734. The Morgan fingerprint density at radius 3 is 2.36 bits per heavy atom. The highest BCUT2D eigenvalue weighted by Crippen LogP contribution is 2.20. The number of aromatic nitrogens is 1. The molecule has 6 nitrogen and oxygen atoms in total. The highest BCUT2D eigenvalue weighted by Gasteiger charge is 2.16. The summed E-state index contributed by atoms with van der Waals surface area (Å²) in [5, 5.41) is 12.6. The number of benzene rings is 2. The fraction of sp³-hybridized carbons (Fsp3) is 0.158. The Labute approximate surface area is 145 Å². The Kier molecular flexibility index (Phi) is 4.54. The van der Waals surface area contributed by atoms with Crippen LogP contribution in [-0.4, -0.2) is 21.6 Å².